The number of benzene rings is 1. The van der Waals surface area contributed by atoms with E-state index in [2.05, 4.69) is 41.5 Å². The fourth-order valence-electron chi connectivity index (χ4n) is 3.27. The van der Waals surface area contributed by atoms with Crippen LogP contribution >= 0.6 is 0 Å². The zero-order valence-electron chi connectivity index (χ0n) is 14.9. The molecule has 0 heterocycles. The van der Waals surface area contributed by atoms with Gasteiger partial charge in [0.15, 0.2) is 0 Å². The van der Waals surface area contributed by atoms with Crippen molar-refractivity contribution >= 4 is 5.97 Å². The van der Waals surface area contributed by atoms with Gasteiger partial charge in [-0.25, -0.2) is 0 Å². The van der Waals surface area contributed by atoms with E-state index in [9.17, 15) is 9.90 Å². The van der Waals surface area contributed by atoms with Crippen LogP contribution in [0, 0.1) is 46.5 Å². The van der Waals surface area contributed by atoms with Gasteiger partial charge in [0.05, 0.1) is 5.92 Å². The van der Waals surface area contributed by atoms with Gasteiger partial charge in [-0.2, -0.15) is 0 Å². The van der Waals surface area contributed by atoms with Gasteiger partial charge < -0.3 is 10.8 Å². The lowest BCUT2D eigenvalue weighted by atomic mass is 9.81. The fourth-order valence-corrected chi connectivity index (χ4v) is 3.27. The highest BCUT2D eigenvalue weighted by Crippen LogP contribution is 2.30. The van der Waals surface area contributed by atoms with Crippen LogP contribution in [0.4, 0.5) is 0 Å². The summed E-state index contributed by atoms with van der Waals surface area (Å²) in [5, 5.41) is 9.24. The Bertz CT molecular complexity index is 520. The summed E-state index contributed by atoms with van der Waals surface area (Å²) in [6.07, 6.45) is 2.59. The van der Waals surface area contributed by atoms with E-state index in [-0.39, 0.29) is 6.54 Å². The SMILES string of the molecule is CCC(Cc1c(C)c(C)c(C)c(C)c1C)CC(CN)C(=O)O. The molecule has 2 atom stereocenters. The van der Waals surface area contributed by atoms with E-state index in [1.165, 1.54) is 33.4 Å². The molecule has 0 spiro atoms. The summed E-state index contributed by atoms with van der Waals surface area (Å²) in [6, 6.07) is 0. The molecule has 0 fully saturated rings. The van der Waals surface area contributed by atoms with Crippen LogP contribution in [-0.2, 0) is 11.2 Å². The Morgan fingerprint density at radius 3 is 1.82 bits per heavy atom. The molecule has 0 radical (unpaired) electrons. The monoisotopic (exact) mass is 305 g/mol. The second-order valence-electron chi connectivity index (χ2n) is 6.59. The molecule has 0 aliphatic heterocycles. The lowest BCUT2D eigenvalue weighted by molar-refractivity contribution is -0.142. The van der Waals surface area contributed by atoms with Crippen molar-refractivity contribution in [1.82, 2.24) is 0 Å². The summed E-state index contributed by atoms with van der Waals surface area (Å²) < 4.78 is 0. The number of hydrogen-bond acceptors (Lipinski definition) is 2. The third-order valence-electron chi connectivity index (χ3n) is 5.48. The first kappa shape index (κ1) is 18.7. The first-order valence-corrected chi connectivity index (χ1v) is 8.23. The van der Waals surface area contributed by atoms with E-state index in [4.69, 9.17) is 5.73 Å². The smallest absolute Gasteiger partial charge is 0.307 e. The summed E-state index contributed by atoms with van der Waals surface area (Å²) in [7, 11) is 0. The topological polar surface area (TPSA) is 63.3 Å². The van der Waals surface area contributed by atoms with Gasteiger partial charge in [0.2, 0.25) is 0 Å². The summed E-state index contributed by atoms with van der Waals surface area (Å²) >= 11 is 0. The molecule has 0 saturated heterocycles. The van der Waals surface area contributed by atoms with E-state index in [1.54, 1.807) is 0 Å². The third kappa shape index (κ3) is 3.89. The highest BCUT2D eigenvalue weighted by atomic mass is 16.4. The average molecular weight is 305 g/mol. The minimum Gasteiger partial charge on any atom is -0.481 e. The van der Waals surface area contributed by atoms with Crippen molar-refractivity contribution in [1.29, 1.82) is 0 Å². The molecule has 1 aromatic carbocycles. The fraction of sp³-hybridized carbons (Fsp3) is 0.632. The highest BCUT2D eigenvalue weighted by Gasteiger charge is 2.22. The number of rotatable bonds is 7. The third-order valence-corrected chi connectivity index (χ3v) is 5.48. The Morgan fingerprint density at radius 2 is 1.45 bits per heavy atom. The minimum absolute atomic E-state index is 0.218. The van der Waals surface area contributed by atoms with Crippen LogP contribution in [0.3, 0.4) is 0 Å². The molecule has 0 aliphatic carbocycles. The van der Waals surface area contributed by atoms with Gasteiger partial charge in [-0.3, -0.25) is 4.79 Å². The van der Waals surface area contributed by atoms with E-state index < -0.39 is 11.9 Å². The first-order chi connectivity index (χ1) is 10.2. The number of carboxylic acids is 1. The van der Waals surface area contributed by atoms with Gasteiger partial charge in [-0.1, -0.05) is 13.3 Å². The van der Waals surface area contributed by atoms with Crippen LogP contribution in [0.25, 0.3) is 0 Å². The van der Waals surface area contributed by atoms with Crippen LogP contribution in [0.1, 0.15) is 53.1 Å². The van der Waals surface area contributed by atoms with Crippen LogP contribution in [0.5, 0.6) is 0 Å². The average Bonchev–Trinajstić information content (AvgIpc) is 2.50. The number of hydrogen-bond donors (Lipinski definition) is 2. The maximum Gasteiger partial charge on any atom is 0.307 e. The number of carbonyl (C=O) groups is 1. The van der Waals surface area contributed by atoms with Crippen molar-refractivity contribution in [2.75, 3.05) is 6.54 Å². The highest BCUT2D eigenvalue weighted by molar-refractivity contribution is 5.70. The zero-order chi connectivity index (χ0) is 17.0. The molecule has 1 aromatic rings. The number of nitrogens with two attached hydrogens (primary N) is 1. The molecule has 3 heteroatoms. The van der Waals surface area contributed by atoms with Crippen molar-refractivity contribution in [2.24, 2.45) is 17.6 Å². The second kappa shape index (κ2) is 7.77. The van der Waals surface area contributed by atoms with Gasteiger partial charge in [-0.15, -0.1) is 0 Å². The first-order valence-electron chi connectivity index (χ1n) is 8.23. The Hall–Kier alpha value is -1.35. The van der Waals surface area contributed by atoms with Crippen molar-refractivity contribution < 1.29 is 9.90 Å². The Morgan fingerprint density at radius 1 is 1.00 bits per heavy atom. The molecule has 0 aromatic heterocycles. The Kier molecular flexibility index (Phi) is 6.61. The second-order valence-corrected chi connectivity index (χ2v) is 6.59. The molecule has 124 valence electrons. The Labute approximate surface area is 134 Å². The van der Waals surface area contributed by atoms with Crippen LogP contribution in [0.15, 0.2) is 0 Å². The van der Waals surface area contributed by atoms with E-state index in [1.807, 2.05) is 0 Å². The van der Waals surface area contributed by atoms with Crippen LogP contribution in [-0.4, -0.2) is 17.6 Å². The summed E-state index contributed by atoms with van der Waals surface area (Å²) in [5.74, 6) is -0.840. The number of aliphatic carboxylic acids is 1. The lowest BCUT2D eigenvalue weighted by Crippen LogP contribution is -2.26. The van der Waals surface area contributed by atoms with Gasteiger partial charge in [0, 0.05) is 6.54 Å². The molecule has 0 aliphatic rings. The predicted octanol–water partition coefficient (Wildman–Crippen LogP) is 3.85. The molecule has 0 saturated carbocycles. The van der Waals surface area contributed by atoms with Crippen LogP contribution < -0.4 is 5.73 Å². The normalized spacial score (nSPS) is 14.0. The van der Waals surface area contributed by atoms with Gasteiger partial charge in [0.25, 0.3) is 0 Å². The van der Waals surface area contributed by atoms with Crippen molar-refractivity contribution in [3.05, 3.63) is 33.4 Å². The standard InChI is InChI=1S/C19H31NO2/c1-7-16(8-17(10-20)19(21)22)9-18-14(5)12(3)11(2)13(4)15(18)6/h16-17H,7-10,20H2,1-6H3,(H,21,22). The summed E-state index contributed by atoms with van der Waals surface area (Å²) in [5.41, 5.74) is 13.8. The van der Waals surface area contributed by atoms with Crippen molar-refractivity contribution in [2.45, 2.75) is 60.8 Å². The molecule has 3 nitrogen and oxygen atoms in total. The number of carboxylic acid groups (broad SMARTS) is 1. The molecule has 0 amide bonds. The lowest BCUT2D eigenvalue weighted by Gasteiger charge is -2.24. The molecule has 0 bridgehead atoms. The predicted molar refractivity (Wildman–Crippen MR) is 92.4 cm³/mol. The molecule has 2 unspecified atom stereocenters. The van der Waals surface area contributed by atoms with Crippen molar-refractivity contribution in [3.8, 4) is 0 Å². The maximum absolute atomic E-state index is 11.2. The van der Waals surface area contributed by atoms with Gasteiger partial charge in [0.1, 0.15) is 0 Å². The summed E-state index contributed by atoms with van der Waals surface area (Å²) in [4.78, 5) is 11.2. The molecular formula is C19H31NO2. The van der Waals surface area contributed by atoms with E-state index in [0.717, 1.165) is 12.8 Å². The largest absolute Gasteiger partial charge is 0.481 e. The molecular weight excluding hydrogens is 274 g/mol. The minimum atomic E-state index is -0.773. The van der Waals surface area contributed by atoms with Gasteiger partial charge in [-0.05, 0) is 86.8 Å². The van der Waals surface area contributed by atoms with E-state index >= 15 is 0 Å². The van der Waals surface area contributed by atoms with Crippen molar-refractivity contribution in [3.63, 3.8) is 0 Å². The Balaban J connectivity index is 3.09. The molecule has 1 rings (SSSR count). The van der Waals surface area contributed by atoms with E-state index in [0.29, 0.717) is 12.3 Å². The quantitative estimate of drug-likeness (QED) is 0.804. The maximum atomic E-state index is 11.2. The summed E-state index contributed by atoms with van der Waals surface area (Å²) in [6.45, 7) is 13.3. The zero-order valence-corrected chi connectivity index (χ0v) is 14.9. The van der Waals surface area contributed by atoms with Gasteiger partial charge >= 0.3 is 5.97 Å². The molecule has 3 N–H and O–H groups in total. The van der Waals surface area contributed by atoms with Crippen LogP contribution in [0.2, 0.25) is 0 Å². The molecule has 22 heavy (non-hydrogen) atoms.